The minimum atomic E-state index is -1.33. The van der Waals surface area contributed by atoms with Crippen molar-refractivity contribution in [3.05, 3.63) is 35.9 Å². The molecule has 0 saturated heterocycles. The Kier molecular flexibility index (Phi) is 4.62. The molecule has 0 aliphatic heterocycles. The predicted molar refractivity (Wildman–Crippen MR) is 64.1 cm³/mol. The molecule has 17 heavy (non-hydrogen) atoms. The maximum absolute atomic E-state index is 11.7. The van der Waals surface area contributed by atoms with Crippen LogP contribution in [-0.2, 0) is 4.79 Å². The van der Waals surface area contributed by atoms with Gasteiger partial charge in [-0.1, -0.05) is 30.3 Å². The van der Waals surface area contributed by atoms with E-state index >= 15 is 0 Å². The molecule has 0 aliphatic carbocycles. The normalized spacial score (nSPS) is 16.0. The van der Waals surface area contributed by atoms with Gasteiger partial charge in [0.1, 0.15) is 11.6 Å². The zero-order valence-electron chi connectivity index (χ0n) is 9.76. The van der Waals surface area contributed by atoms with Gasteiger partial charge in [0.15, 0.2) is 0 Å². The van der Waals surface area contributed by atoms with Crippen LogP contribution in [0, 0.1) is 0 Å². The molecule has 0 radical (unpaired) electrons. The smallest absolute Gasteiger partial charge is 0.241 e. The number of hydrogen-bond acceptors (Lipinski definition) is 4. The van der Waals surface area contributed by atoms with E-state index in [1.54, 1.807) is 24.3 Å². The number of carbonyl (C=O) groups excluding carboxylic acids is 1. The third kappa shape index (κ3) is 4.14. The molecular formula is C12H18N2O3. The number of carbonyl (C=O) groups is 1. The van der Waals surface area contributed by atoms with Gasteiger partial charge in [-0.05, 0) is 12.5 Å². The molecule has 5 heteroatoms. The number of aliphatic hydroxyl groups is 2. The molecule has 0 saturated carbocycles. The minimum absolute atomic E-state index is 0.0388. The average molecular weight is 238 g/mol. The summed E-state index contributed by atoms with van der Waals surface area (Å²) in [6.45, 7) is 0.970. The van der Waals surface area contributed by atoms with Gasteiger partial charge >= 0.3 is 0 Å². The number of benzene rings is 1. The lowest BCUT2D eigenvalue weighted by Gasteiger charge is -2.22. The Bertz CT molecular complexity index is 365. The largest absolute Gasteiger partial charge is 0.393 e. The maximum atomic E-state index is 11.7. The van der Waals surface area contributed by atoms with E-state index < -0.39 is 18.2 Å². The van der Waals surface area contributed by atoms with Crippen molar-refractivity contribution in [2.45, 2.75) is 18.6 Å². The SMILES string of the molecule is CC(O)(CO)CNC(=O)[C@H](N)c1ccccc1. The Morgan fingerprint density at radius 1 is 1.47 bits per heavy atom. The van der Waals surface area contributed by atoms with Crippen LogP contribution in [0.15, 0.2) is 30.3 Å². The van der Waals surface area contributed by atoms with E-state index in [1.165, 1.54) is 6.92 Å². The first-order valence-electron chi connectivity index (χ1n) is 5.38. The summed E-state index contributed by atoms with van der Waals surface area (Å²) >= 11 is 0. The van der Waals surface area contributed by atoms with E-state index in [2.05, 4.69) is 5.32 Å². The summed E-state index contributed by atoms with van der Waals surface area (Å²) in [5, 5.41) is 20.8. The molecule has 1 amide bonds. The van der Waals surface area contributed by atoms with Crippen molar-refractivity contribution in [3.8, 4) is 0 Å². The molecule has 1 unspecified atom stereocenters. The van der Waals surface area contributed by atoms with Gasteiger partial charge in [0.05, 0.1) is 6.61 Å². The first-order valence-corrected chi connectivity index (χ1v) is 5.38. The molecule has 0 bridgehead atoms. The van der Waals surface area contributed by atoms with Crippen LogP contribution in [0.2, 0.25) is 0 Å². The molecular weight excluding hydrogens is 220 g/mol. The van der Waals surface area contributed by atoms with E-state index in [0.29, 0.717) is 5.56 Å². The summed E-state index contributed by atoms with van der Waals surface area (Å²) in [5.74, 6) is -0.384. The van der Waals surface area contributed by atoms with E-state index in [9.17, 15) is 9.90 Å². The molecule has 0 spiro atoms. The van der Waals surface area contributed by atoms with Crippen molar-refractivity contribution in [2.75, 3.05) is 13.2 Å². The van der Waals surface area contributed by atoms with Crippen LogP contribution in [0.3, 0.4) is 0 Å². The van der Waals surface area contributed by atoms with Crippen LogP contribution < -0.4 is 11.1 Å². The summed E-state index contributed by atoms with van der Waals surface area (Å²) in [6, 6.07) is 8.18. The molecule has 2 atom stereocenters. The molecule has 5 N–H and O–H groups in total. The van der Waals surface area contributed by atoms with Crippen LogP contribution in [0.25, 0.3) is 0 Å². The van der Waals surface area contributed by atoms with Crippen molar-refractivity contribution in [2.24, 2.45) is 5.73 Å². The van der Waals surface area contributed by atoms with Gasteiger partial charge in [-0.3, -0.25) is 4.79 Å². The number of aliphatic hydroxyl groups excluding tert-OH is 1. The van der Waals surface area contributed by atoms with Crippen LogP contribution >= 0.6 is 0 Å². The summed E-state index contributed by atoms with van der Waals surface area (Å²) < 4.78 is 0. The molecule has 5 nitrogen and oxygen atoms in total. The molecule has 1 aromatic carbocycles. The number of amides is 1. The van der Waals surface area contributed by atoms with Crippen molar-refractivity contribution in [1.29, 1.82) is 0 Å². The molecule has 1 rings (SSSR count). The zero-order valence-corrected chi connectivity index (χ0v) is 9.76. The topological polar surface area (TPSA) is 95.6 Å². The molecule has 0 fully saturated rings. The lowest BCUT2D eigenvalue weighted by molar-refractivity contribution is -0.124. The van der Waals surface area contributed by atoms with E-state index in [1.807, 2.05) is 6.07 Å². The summed E-state index contributed by atoms with van der Waals surface area (Å²) in [6.07, 6.45) is 0. The van der Waals surface area contributed by atoms with Gasteiger partial charge in [-0.2, -0.15) is 0 Å². The second-order valence-corrected chi connectivity index (χ2v) is 4.26. The van der Waals surface area contributed by atoms with Gasteiger partial charge in [-0.15, -0.1) is 0 Å². The fourth-order valence-corrected chi connectivity index (χ4v) is 1.26. The van der Waals surface area contributed by atoms with E-state index in [4.69, 9.17) is 10.8 Å². The lowest BCUT2D eigenvalue weighted by Crippen LogP contribution is -2.45. The van der Waals surface area contributed by atoms with Gasteiger partial charge < -0.3 is 21.3 Å². The Labute approximate surface area is 100 Å². The van der Waals surface area contributed by atoms with Crippen molar-refractivity contribution < 1.29 is 15.0 Å². The maximum Gasteiger partial charge on any atom is 0.241 e. The van der Waals surface area contributed by atoms with E-state index in [0.717, 1.165) is 0 Å². The van der Waals surface area contributed by atoms with Gasteiger partial charge in [0.25, 0.3) is 0 Å². The molecule has 0 aliphatic rings. The van der Waals surface area contributed by atoms with Gasteiger partial charge in [-0.25, -0.2) is 0 Å². The Hall–Kier alpha value is -1.43. The first kappa shape index (κ1) is 13.6. The molecule has 0 heterocycles. The minimum Gasteiger partial charge on any atom is -0.393 e. The third-order valence-electron chi connectivity index (χ3n) is 2.43. The van der Waals surface area contributed by atoms with Crippen molar-refractivity contribution >= 4 is 5.91 Å². The fraction of sp³-hybridized carbons (Fsp3) is 0.417. The van der Waals surface area contributed by atoms with E-state index in [-0.39, 0.29) is 12.5 Å². The molecule has 0 aromatic heterocycles. The quantitative estimate of drug-likeness (QED) is 0.558. The van der Waals surface area contributed by atoms with Crippen molar-refractivity contribution in [1.82, 2.24) is 5.32 Å². The highest BCUT2D eigenvalue weighted by Gasteiger charge is 2.22. The second-order valence-electron chi connectivity index (χ2n) is 4.26. The monoisotopic (exact) mass is 238 g/mol. The van der Waals surface area contributed by atoms with Crippen LogP contribution in [-0.4, -0.2) is 34.9 Å². The average Bonchev–Trinajstić information content (AvgIpc) is 2.36. The Morgan fingerprint density at radius 2 is 2.06 bits per heavy atom. The fourth-order valence-electron chi connectivity index (χ4n) is 1.26. The standard InChI is InChI=1S/C12H18N2O3/c1-12(17,8-15)7-14-11(16)10(13)9-5-3-2-4-6-9/h2-6,10,15,17H,7-8,13H2,1H3,(H,14,16)/t10-,12?/m1/s1. The molecule has 1 aromatic rings. The van der Waals surface area contributed by atoms with Crippen molar-refractivity contribution in [3.63, 3.8) is 0 Å². The van der Waals surface area contributed by atoms with Crippen LogP contribution in [0.1, 0.15) is 18.5 Å². The van der Waals surface area contributed by atoms with Crippen LogP contribution in [0.4, 0.5) is 0 Å². The highest BCUT2D eigenvalue weighted by Crippen LogP contribution is 2.09. The molecule has 94 valence electrons. The number of nitrogens with two attached hydrogens (primary N) is 1. The zero-order chi connectivity index (χ0) is 12.9. The van der Waals surface area contributed by atoms with Gasteiger partial charge in [0.2, 0.25) is 5.91 Å². The predicted octanol–water partition coefficient (Wildman–Crippen LogP) is -0.454. The lowest BCUT2D eigenvalue weighted by atomic mass is 10.1. The van der Waals surface area contributed by atoms with Crippen LogP contribution in [0.5, 0.6) is 0 Å². The Balaban J connectivity index is 2.54. The second kappa shape index (κ2) is 5.77. The summed E-state index contributed by atoms with van der Waals surface area (Å²) in [5.41, 5.74) is 5.13. The summed E-state index contributed by atoms with van der Waals surface area (Å²) in [4.78, 5) is 11.7. The third-order valence-corrected chi connectivity index (χ3v) is 2.43. The first-order chi connectivity index (χ1) is 7.96. The highest BCUT2D eigenvalue weighted by molar-refractivity contribution is 5.82. The summed E-state index contributed by atoms with van der Waals surface area (Å²) in [7, 11) is 0. The highest BCUT2D eigenvalue weighted by atomic mass is 16.3. The number of rotatable bonds is 5. The van der Waals surface area contributed by atoms with Gasteiger partial charge in [0, 0.05) is 6.54 Å². The number of hydrogen-bond donors (Lipinski definition) is 4. The Morgan fingerprint density at radius 3 is 2.59 bits per heavy atom. The number of nitrogens with one attached hydrogen (secondary N) is 1.